The average molecular weight is 312 g/mol. The molecule has 6 nitrogen and oxygen atoms in total. The highest BCUT2D eigenvalue weighted by molar-refractivity contribution is 5.76. The molecule has 9 heteroatoms. The zero-order valence-corrected chi connectivity index (χ0v) is 11.6. The van der Waals surface area contributed by atoms with E-state index >= 15 is 0 Å². The van der Waals surface area contributed by atoms with Gasteiger partial charge in [-0.2, -0.15) is 13.2 Å². The van der Waals surface area contributed by atoms with Crippen molar-refractivity contribution in [3.05, 3.63) is 0 Å². The first-order valence-electron chi connectivity index (χ1n) is 6.64. The summed E-state index contributed by atoms with van der Waals surface area (Å²) in [4.78, 5) is 24.7. The van der Waals surface area contributed by atoms with Gasteiger partial charge in [0.1, 0.15) is 0 Å². The van der Waals surface area contributed by atoms with Crippen molar-refractivity contribution in [1.29, 1.82) is 0 Å². The minimum absolute atomic E-state index is 0.0815. The third-order valence-corrected chi connectivity index (χ3v) is 2.99. The summed E-state index contributed by atoms with van der Waals surface area (Å²) in [6.07, 6.45) is -4.16. The molecule has 1 rings (SSSR count). The first kappa shape index (κ1) is 17.7. The summed E-state index contributed by atoms with van der Waals surface area (Å²) >= 11 is 0. The van der Waals surface area contributed by atoms with Gasteiger partial charge in [-0.1, -0.05) is 0 Å². The van der Waals surface area contributed by atoms with E-state index in [1.165, 1.54) is 0 Å². The third-order valence-electron chi connectivity index (χ3n) is 2.99. The number of rotatable bonds is 7. The van der Waals surface area contributed by atoms with Crippen LogP contribution in [0.15, 0.2) is 0 Å². The van der Waals surface area contributed by atoms with Gasteiger partial charge < -0.3 is 14.7 Å². The molecule has 0 atom stereocenters. The van der Waals surface area contributed by atoms with Crippen LogP contribution in [-0.2, 0) is 14.3 Å². The Morgan fingerprint density at radius 1 is 1.24 bits per heavy atom. The van der Waals surface area contributed by atoms with Crippen LogP contribution in [0.2, 0.25) is 0 Å². The SMILES string of the molecule is O=C(O)CN(CCCC(=O)N1CCOCC1)CC(F)(F)F. The highest BCUT2D eigenvalue weighted by atomic mass is 19.4. The molecule has 0 saturated carbocycles. The Morgan fingerprint density at radius 2 is 1.86 bits per heavy atom. The summed E-state index contributed by atoms with van der Waals surface area (Å²) in [5, 5.41) is 8.60. The van der Waals surface area contributed by atoms with Crippen LogP contribution < -0.4 is 0 Å². The fraction of sp³-hybridized carbons (Fsp3) is 0.833. The number of carbonyl (C=O) groups is 2. The van der Waals surface area contributed by atoms with E-state index in [1.807, 2.05) is 0 Å². The minimum Gasteiger partial charge on any atom is -0.480 e. The zero-order valence-electron chi connectivity index (χ0n) is 11.6. The van der Waals surface area contributed by atoms with Gasteiger partial charge in [0.15, 0.2) is 0 Å². The fourth-order valence-electron chi connectivity index (χ4n) is 2.08. The van der Waals surface area contributed by atoms with Gasteiger partial charge in [0.25, 0.3) is 0 Å². The van der Waals surface area contributed by atoms with E-state index in [2.05, 4.69) is 0 Å². The van der Waals surface area contributed by atoms with E-state index in [9.17, 15) is 22.8 Å². The number of halogens is 3. The van der Waals surface area contributed by atoms with Gasteiger partial charge in [-0.3, -0.25) is 14.5 Å². The predicted molar refractivity (Wildman–Crippen MR) is 66.8 cm³/mol. The van der Waals surface area contributed by atoms with Gasteiger partial charge in [-0.25, -0.2) is 0 Å². The lowest BCUT2D eigenvalue weighted by molar-refractivity contribution is -0.154. The van der Waals surface area contributed by atoms with Crippen molar-refractivity contribution in [2.24, 2.45) is 0 Å². The molecule has 1 aliphatic heterocycles. The van der Waals surface area contributed by atoms with Gasteiger partial charge >= 0.3 is 12.1 Å². The molecule has 1 heterocycles. The molecular formula is C12H19F3N2O4. The number of nitrogens with zero attached hydrogens (tertiary/aromatic N) is 2. The Balaban J connectivity index is 2.34. The number of carboxylic acids is 1. The number of morpholine rings is 1. The summed E-state index contributed by atoms with van der Waals surface area (Å²) in [5.74, 6) is -1.46. The lowest BCUT2D eigenvalue weighted by atomic mass is 10.2. The summed E-state index contributed by atoms with van der Waals surface area (Å²) < 4.78 is 42.0. The number of hydrogen-bond donors (Lipinski definition) is 1. The molecule has 0 bridgehead atoms. The average Bonchev–Trinajstić information content (AvgIpc) is 2.37. The number of aliphatic carboxylic acids is 1. The van der Waals surface area contributed by atoms with Crippen molar-refractivity contribution in [1.82, 2.24) is 9.80 Å². The van der Waals surface area contributed by atoms with Crippen LogP contribution in [0.25, 0.3) is 0 Å². The number of ether oxygens (including phenoxy) is 1. The first-order valence-corrected chi connectivity index (χ1v) is 6.64. The normalized spacial score (nSPS) is 16.3. The van der Waals surface area contributed by atoms with E-state index in [-0.39, 0.29) is 25.3 Å². The van der Waals surface area contributed by atoms with Crippen LogP contribution in [0.4, 0.5) is 13.2 Å². The quantitative estimate of drug-likeness (QED) is 0.744. The van der Waals surface area contributed by atoms with Crippen LogP contribution in [-0.4, -0.2) is 78.9 Å². The molecule has 0 aromatic rings. The molecular weight excluding hydrogens is 293 g/mol. The van der Waals surface area contributed by atoms with Crippen LogP contribution >= 0.6 is 0 Å². The molecule has 21 heavy (non-hydrogen) atoms. The Morgan fingerprint density at radius 3 is 2.38 bits per heavy atom. The monoisotopic (exact) mass is 312 g/mol. The second-order valence-corrected chi connectivity index (χ2v) is 4.82. The molecule has 1 amide bonds. The van der Waals surface area contributed by atoms with Gasteiger partial charge in [0.2, 0.25) is 5.91 Å². The molecule has 1 saturated heterocycles. The van der Waals surface area contributed by atoms with Crippen LogP contribution in [0, 0.1) is 0 Å². The van der Waals surface area contributed by atoms with Gasteiger partial charge in [-0.05, 0) is 13.0 Å². The topological polar surface area (TPSA) is 70.1 Å². The lowest BCUT2D eigenvalue weighted by Crippen LogP contribution is -2.41. The summed E-state index contributed by atoms with van der Waals surface area (Å²) in [7, 11) is 0. The molecule has 0 spiro atoms. The van der Waals surface area contributed by atoms with Crippen molar-refractivity contribution >= 4 is 11.9 Å². The summed E-state index contributed by atoms with van der Waals surface area (Å²) in [6, 6.07) is 0. The fourth-order valence-corrected chi connectivity index (χ4v) is 2.08. The highest BCUT2D eigenvalue weighted by Crippen LogP contribution is 2.16. The Kier molecular flexibility index (Phi) is 6.90. The van der Waals surface area contributed by atoms with Crippen molar-refractivity contribution in [2.75, 3.05) is 45.9 Å². The standard InChI is InChI=1S/C12H19F3N2O4/c13-12(14,15)9-16(8-11(19)20)3-1-2-10(18)17-4-6-21-7-5-17/h1-9H2,(H,19,20). The third kappa shape index (κ3) is 7.86. The van der Waals surface area contributed by atoms with Gasteiger partial charge in [0, 0.05) is 19.5 Å². The Bertz CT molecular complexity index is 357. The number of carboxylic acid groups (broad SMARTS) is 1. The number of hydrogen-bond acceptors (Lipinski definition) is 4. The maximum atomic E-state index is 12.3. The molecule has 1 fully saturated rings. The van der Waals surface area contributed by atoms with Crippen LogP contribution in [0.1, 0.15) is 12.8 Å². The van der Waals surface area contributed by atoms with E-state index in [4.69, 9.17) is 9.84 Å². The van der Waals surface area contributed by atoms with Crippen molar-refractivity contribution in [2.45, 2.75) is 19.0 Å². The molecule has 0 aromatic carbocycles. The summed E-state index contributed by atoms with van der Waals surface area (Å²) in [5.41, 5.74) is 0. The van der Waals surface area contributed by atoms with Crippen molar-refractivity contribution in [3.63, 3.8) is 0 Å². The maximum Gasteiger partial charge on any atom is 0.401 e. The molecule has 1 N–H and O–H groups in total. The molecule has 1 aliphatic rings. The van der Waals surface area contributed by atoms with Gasteiger partial charge in [-0.15, -0.1) is 0 Å². The van der Waals surface area contributed by atoms with Crippen LogP contribution in [0.5, 0.6) is 0 Å². The first-order chi connectivity index (χ1) is 9.78. The highest BCUT2D eigenvalue weighted by Gasteiger charge is 2.31. The van der Waals surface area contributed by atoms with E-state index < -0.39 is 25.2 Å². The zero-order chi connectivity index (χ0) is 15.9. The van der Waals surface area contributed by atoms with Gasteiger partial charge in [0.05, 0.1) is 26.3 Å². The molecule has 0 aromatic heterocycles. The number of amides is 1. The second-order valence-electron chi connectivity index (χ2n) is 4.82. The smallest absolute Gasteiger partial charge is 0.401 e. The second kappa shape index (κ2) is 8.18. The Hall–Kier alpha value is -1.35. The molecule has 122 valence electrons. The number of carbonyl (C=O) groups excluding carboxylic acids is 1. The van der Waals surface area contributed by atoms with E-state index in [0.717, 1.165) is 4.90 Å². The predicted octanol–water partition coefficient (Wildman–Crippen LogP) is 0.574. The van der Waals surface area contributed by atoms with Crippen LogP contribution in [0.3, 0.4) is 0 Å². The van der Waals surface area contributed by atoms with E-state index in [0.29, 0.717) is 26.3 Å². The van der Waals surface area contributed by atoms with E-state index in [1.54, 1.807) is 4.90 Å². The summed E-state index contributed by atoms with van der Waals surface area (Å²) in [6.45, 7) is -0.158. The lowest BCUT2D eigenvalue weighted by Gasteiger charge is -2.27. The molecule has 0 radical (unpaired) electrons. The molecule has 0 unspecified atom stereocenters. The maximum absolute atomic E-state index is 12.3. The van der Waals surface area contributed by atoms with Crippen molar-refractivity contribution in [3.8, 4) is 0 Å². The Labute approximate surface area is 120 Å². The molecule has 0 aliphatic carbocycles. The minimum atomic E-state index is -4.45. The van der Waals surface area contributed by atoms with Crippen molar-refractivity contribution < 1.29 is 32.6 Å². The largest absolute Gasteiger partial charge is 0.480 e. The number of alkyl halides is 3.